The third-order valence-electron chi connectivity index (χ3n) is 3.12. The molecule has 1 aliphatic heterocycles. The van der Waals surface area contributed by atoms with Crippen LogP contribution in [0.5, 0.6) is 0 Å². The molecule has 0 N–H and O–H groups in total. The van der Waals surface area contributed by atoms with Gasteiger partial charge in [-0.05, 0) is 18.6 Å². The molecule has 0 radical (unpaired) electrons. The van der Waals surface area contributed by atoms with Gasteiger partial charge in [-0.3, -0.25) is 19.4 Å². The highest BCUT2D eigenvalue weighted by atomic mass is 16.5. The number of likely N-dealkylation sites (tertiary alicyclic amines) is 1. The number of pyridine rings is 1. The van der Waals surface area contributed by atoms with Crippen molar-refractivity contribution in [3.8, 4) is 0 Å². The average Bonchev–Trinajstić information content (AvgIpc) is 2.46. The largest absolute Gasteiger partial charge is 0.468 e. The molecule has 2 heterocycles. The summed E-state index contributed by atoms with van der Waals surface area (Å²) in [6.45, 7) is 0.313. The number of ether oxygens (including phenoxy) is 1. The smallest absolute Gasteiger partial charge is 0.316 e. The number of amides is 1. The zero-order valence-electron chi connectivity index (χ0n) is 10.5. The standard InChI is InChI=1S/C13H14N2O4/c1-19-13(18)10-4-7-15(8-11(10)16)12(17)9-2-5-14-6-3-9/h2-3,5-6,10H,4,7-8H2,1H3. The van der Waals surface area contributed by atoms with Crippen molar-refractivity contribution < 1.29 is 19.1 Å². The van der Waals surface area contributed by atoms with Crippen LogP contribution in [0.4, 0.5) is 0 Å². The van der Waals surface area contributed by atoms with Gasteiger partial charge in [0, 0.05) is 24.5 Å². The number of carbonyl (C=O) groups excluding carboxylic acids is 3. The lowest BCUT2D eigenvalue weighted by atomic mass is 9.95. The average molecular weight is 262 g/mol. The van der Waals surface area contributed by atoms with E-state index in [1.54, 1.807) is 12.1 Å². The van der Waals surface area contributed by atoms with Gasteiger partial charge >= 0.3 is 5.97 Å². The van der Waals surface area contributed by atoms with E-state index in [9.17, 15) is 14.4 Å². The Morgan fingerprint density at radius 2 is 2.05 bits per heavy atom. The summed E-state index contributed by atoms with van der Waals surface area (Å²) in [5.41, 5.74) is 0.485. The van der Waals surface area contributed by atoms with Crippen LogP contribution in [0.2, 0.25) is 0 Å². The van der Waals surface area contributed by atoms with E-state index in [0.29, 0.717) is 18.5 Å². The topological polar surface area (TPSA) is 76.6 Å². The lowest BCUT2D eigenvalue weighted by Crippen LogP contribution is -2.46. The van der Waals surface area contributed by atoms with Crippen molar-refractivity contribution in [2.75, 3.05) is 20.2 Å². The van der Waals surface area contributed by atoms with Crippen LogP contribution in [0, 0.1) is 5.92 Å². The highest BCUT2D eigenvalue weighted by Crippen LogP contribution is 2.17. The van der Waals surface area contributed by atoms with E-state index in [1.807, 2.05) is 0 Å². The first-order chi connectivity index (χ1) is 9.13. The van der Waals surface area contributed by atoms with Crippen molar-refractivity contribution in [1.82, 2.24) is 9.88 Å². The van der Waals surface area contributed by atoms with Crippen LogP contribution < -0.4 is 0 Å². The highest BCUT2D eigenvalue weighted by molar-refractivity contribution is 6.03. The van der Waals surface area contributed by atoms with Gasteiger partial charge < -0.3 is 9.64 Å². The second-order valence-electron chi connectivity index (χ2n) is 4.29. The van der Waals surface area contributed by atoms with Gasteiger partial charge in [0.1, 0.15) is 5.92 Å². The second kappa shape index (κ2) is 5.60. The predicted octanol–water partition coefficient (Wildman–Crippen LogP) is 0.286. The monoisotopic (exact) mass is 262 g/mol. The Morgan fingerprint density at radius 1 is 1.37 bits per heavy atom. The quantitative estimate of drug-likeness (QED) is 0.565. The number of methoxy groups -OCH3 is 1. The van der Waals surface area contributed by atoms with Crippen molar-refractivity contribution in [2.24, 2.45) is 5.92 Å². The Morgan fingerprint density at radius 3 is 2.63 bits per heavy atom. The molecule has 0 bridgehead atoms. The van der Waals surface area contributed by atoms with E-state index in [0.717, 1.165) is 0 Å². The van der Waals surface area contributed by atoms with Crippen molar-refractivity contribution >= 4 is 17.7 Å². The fourth-order valence-corrected chi connectivity index (χ4v) is 2.07. The zero-order chi connectivity index (χ0) is 13.8. The molecular formula is C13H14N2O4. The number of aromatic nitrogens is 1. The summed E-state index contributed by atoms with van der Waals surface area (Å²) in [5, 5.41) is 0. The highest BCUT2D eigenvalue weighted by Gasteiger charge is 2.35. The predicted molar refractivity (Wildman–Crippen MR) is 65.3 cm³/mol. The fraction of sp³-hybridized carbons (Fsp3) is 0.385. The summed E-state index contributed by atoms with van der Waals surface area (Å²) in [4.78, 5) is 40.6. The summed E-state index contributed by atoms with van der Waals surface area (Å²) in [5.74, 6) is -1.77. The molecule has 100 valence electrons. The Bertz CT molecular complexity index is 501. The third-order valence-corrected chi connectivity index (χ3v) is 3.12. The van der Waals surface area contributed by atoms with E-state index in [1.165, 1.54) is 24.4 Å². The van der Waals surface area contributed by atoms with Gasteiger partial charge in [0.15, 0.2) is 5.78 Å². The molecule has 1 amide bonds. The number of piperidine rings is 1. The van der Waals surface area contributed by atoms with Crippen molar-refractivity contribution in [3.05, 3.63) is 30.1 Å². The van der Waals surface area contributed by atoms with Gasteiger partial charge in [-0.1, -0.05) is 0 Å². The van der Waals surface area contributed by atoms with Gasteiger partial charge in [0.2, 0.25) is 0 Å². The van der Waals surface area contributed by atoms with Gasteiger partial charge in [-0.25, -0.2) is 0 Å². The second-order valence-corrected chi connectivity index (χ2v) is 4.29. The van der Waals surface area contributed by atoms with E-state index < -0.39 is 11.9 Å². The van der Waals surface area contributed by atoms with E-state index in [2.05, 4.69) is 9.72 Å². The number of ketones is 1. The zero-order valence-corrected chi connectivity index (χ0v) is 10.5. The number of carbonyl (C=O) groups is 3. The number of hydrogen-bond acceptors (Lipinski definition) is 5. The molecule has 19 heavy (non-hydrogen) atoms. The molecule has 2 rings (SSSR count). The molecule has 6 heteroatoms. The maximum absolute atomic E-state index is 12.1. The first-order valence-corrected chi connectivity index (χ1v) is 5.93. The Hall–Kier alpha value is -2.24. The van der Waals surface area contributed by atoms with Crippen LogP contribution in [0.1, 0.15) is 16.8 Å². The Kier molecular flexibility index (Phi) is 3.89. The summed E-state index contributed by atoms with van der Waals surface area (Å²) in [7, 11) is 1.25. The number of Topliss-reactive ketones (excluding diaryl/α,β-unsaturated/α-hetero) is 1. The van der Waals surface area contributed by atoms with E-state index in [-0.39, 0.29) is 18.2 Å². The molecule has 0 aliphatic carbocycles. The molecule has 1 saturated heterocycles. The molecule has 1 aromatic rings. The van der Waals surface area contributed by atoms with Crippen LogP contribution in [0.3, 0.4) is 0 Å². The lowest BCUT2D eigenvalue weighted by Gasteiger charge is -2.29. The molecule has 1 unspecified atom stereocenters. The molecule has 1 aromatic heterocycles. The summed E-state index contributed by atoms with van der Waals surface area (Å²) < 4.78 is 4.57. The van der Waals surface area contributed by atoms with Gasteiger partial charge in [-0.15, -0.1) is 0 Å². The van der Waals surface area contributed by atoms with Crippen LogP contribution in [-0.4, -0.2) is 47.7 Å². The molecule has 0 spiro atoms. The maximum Gasteiger partial charge on any atom is 0.316 e. The first-order valence-electron chi connectivity index (χ1n) is 5.93. The maximum atomic E-state index is 12.1. The number of nitrogens with zero attached hydrogens (tertiary/aromatic N) is 2. The number of esters is 1. The van der Waals surface area contributed by atoms with Crippen LogP contribution >= 0.6 is 0 Å². The van der Waals surface area contributed by atoms with Gasteiger partial charge in [0.25, 0.3) is 5.91 Å². The Balaban J connectivity index is 2.05. The number of hydrogen-bond donors (Lipinski definition) is 0. The molecular weight excluding hydrogens is 248 g/mol. The third kappa shape index (κ3) is 2.78. The minimum Gasteiger partial charge on any atom is -0.468 e. The Labute approximate surface area is 110 Å². The fourth-order valence-electron chi connectivity index (χ4n) is 2.07. The number of rotatable bonds is 2. The molecule has 0 aromatic carbocycles. The molecule has 1 fully saturated rings. The molecule has 6 nitrogen and oxygen atoms in total. The van der Waals surface area contributed by atoms with Gasteiger partial charge in [0.05, 0.1) is 13.7 Å². The first kappa shape index (κ1) is 13.2. The van der Waals surface area contributed by atoms with E-state index >= 15 is 0 Å². The minimum absolute atomic E-state index is 0.0546. The SMILES string of the molecule is COC(=O)C1CCN(C(=O)c2ccncc2)CC1=O. The molecule has 0 saturated carbocycles. The van der Waals surface area contributed by atoms with Crippen molar-refractivity contribution in [3.63, 3.8) is 0 Å². The van der Waals surface area contributed by atoms with Crippen LogP contribution in [0.25, 0.3) is 0 Å². The normalized spacial score (nSPS) is 19.1. The summed E-state index contributed by atoms with van der Waals surface area (Å²) in [6.07, 6.45) is 3.36. The molecule has 1 atom stereocenters. The van der Waals surface area contributed by atoms with E-state index in [4.69, 9.17) is 0 Å². The van der Waals surface area contributed by atoms with Crippen LogP contribution in [-0.2, 0) is 14.3 Å². The molecule has 1 aliphatic rings. The van der Waals surface area contributed by atoms with Crippen LogP contribution in [0.15, 0.2) is 24.5 Å². The lowest BCUT2D eigenvalue weighted by molar-refractivity contribution is -0.151. The van der Waals surface area contributed by atoms with Crippen molar-refractivity contribution in [1.29, 1.82) is 0 Å². The van der Waals surface area contributed by atoms with Crippen molar-refractivity contribution in [2.45, 2.75) is 6.42 Å². The van der Waals surface area contributed by atoms with Gasteiger partial charge in [-0.2, -0.15) is 0 Å². The summed E-state index contributed by atoms with van der Waals surface area (Å²) in [6, 6.07) is 3.19. The summed E-state index contributed by atoms with van der Waals surface area (Å²) >= 11 is 0. The minimum atomic E-state index is -0.744.